The number of aromatic nitrogens is 2. The third-order valence-corrected chi connectivity index (χ3v) is 3.79. The van der Waals surface area contributed by atoms with E-state index in [4.69, 9.17) is 4.74 Å². The van der Waals surface area contributed by atoms with Crippen LogP contribution < -0.4 is 5.32 Å². The number of hydrogen-bond donors (Lipinski definition) is 1. The van der Waals surface area contributed by atoms with E-state index in [9.17, 15) is 0 Å². The fourth-order valence-electron chi connectivity index (χ4n) is 2.19. The van der Waals surface area contributed by atoms with Gasteiger partial charge in [0.05, 0.1) is 11.6 Å². The van der Waals surface area contributed by atoms with Crippen LogP contribution in [0.3, 0.4) is 0 Å². The zero-order chi connectivity index (χ0) is 12.4. The summed E-state index contributed by atoms with van der Waals surface area (Å²) in [5.41, 5.74) is 0.972. The number of hydrogen-bond acceptors (Lipinski definition) is 4. The molecular weight excluding hydrogens is 341 g/mol. The van der Waals surface area contributed by atoms with E-state index in [1.807, 2.05) is 6.07 Å². The highest BCUT2D eigenvalue weighted by Crippen LogP contribution is 2.22. The minimum atomic E-state index is 0.317. The monoisotopic (exact) mass is 355 g/mol. The van der Waals surface area contributed by atoms with Gasteiger partial charge in [-0.25, -0.2) is 9.97 Å². The van der Waals surface area contributed by atoms with Crippen LogP contribution >= 0.6 is 22.6 Å². The van der Waals surface area contributed by atoms with Gasteiger partial charge >= 0.3 is 0 Å². The molecule has 0 bridgehead atoms. The number of anilines is 1. The number of benzene rings is 1. The number of nitrogens with zero attached hydrogens (tertiary/aromatic N) is 2. The molecule has 1 fully saturated rings. The summed E-state index contributed by atoms with van der Waals surface area (Å²) in [5, 5.41) is 4.45. The highest BCUT2D eigenvalue weighted by atomic mass is 127. The summed E-state index contributed by atoms with van der Waals surface area (Å²) in [6.45, 7) is 1.70. The molecule has 3 rings (SSSR count). The van der Waals surface area contributed by atoms with E-state index in [0.717, 1.165) is 42.7 Å². The van der Waals surface area contributed by atoms with Crippen LogP contribution in [-0.4, -0.2) is 29.2 Å². The molecule has 0 amide bonds. The zero-order valence-corrected chi connectivity index (χ0v) is 12.1. The Balaban J connectivity index is 1.84. The van der Waals surface area contributed by atoms with Gasteiger partial charge in [-0.3, -0.25) is 0 Å². The maximum Gasteiger partial charge on any atom is 0.137 e. The van der Waals surface area contributed by atoms with Gasteiger partial charge in [0.15, 0.2) is 0 Å². The Labute approximate surface area is 119 Å². The predicted octanol–water partition coefficient (Wildman–Crippen LogP) is 2.83. The summed E-state index contributed by atoms with van der Waals surface area (Å²) in [6.07, 6.45) is 4.22. The molecule has 5 heteroatoms. The Morgan fingerprint density at radius 2 is 2.33 bits per heavy atom. The second-order valence-corrected chi connectivity index (χ2v) is 5.65. The van der Waals surface area contributed by atoms with Crippen LogP contribution in [0.2, 0.25) is 0 Å². The van der Waals surface area contributed by atoms with Crippen LogP contribution in [0.15, 0.2) is 24.5 Å². The number of rotatable bonds is 3. The van der Waals surface area contributed by atoms with Gasteiger partial charge < -0.3 is 10.1 Å². The van der Waals surface area contributed by atoms with Crippen molar-refractivity contribution < 1.29 is 4.74 Å². The quantitative estimate of drug-likeness (QED) is 0.861. The molecule has 1 saturated heterocycles. The molecule has 0 saturated carbocycles. The van der Waals surface area contributed by atoms with Crippen LogP contribution in [0.5, 0.6) is 0 Å². The number of halogens is 1. The van der Waals surface area contributed by atoms with Crippen LogP contribution in [0, 0.1) is 3.57 Å². The van der Waals surface area contributed by atoms with E-state index in [1.54, 1.807) is 6.33 Å². The van der Waals surface area contributed by atoms with Crippen LogP contribution in [0.1, 0.15) is 12.8 Å². The third-order valence-electron chi connectivity index (χ3n) is 3.12. The van der Waals surface area contributed by atoms with E-state index in [0.29, 0.717) is 6.10 Å². The Morgan fingerprint density at radius 3 is 3.17 bits per heavy atom. The lowest BCUT2D eigenvalue weighted by atomic mass is 10.2. The first-order valence-corrected chi connectivity index (χ1v) is 7.16. The molecule has 2 heterocycles. The first-order valence-electron chi connectivity index (χ1n) is 6.09. The van der Waals surface area contributed by atoms with Crippen molar-refractivity contribution in [3.63, 3.8) is 0 Å². The maximum atomic E-state index is 5.60. The fraction of sp³-hybridized carbons (Fsp3) is 0.385. The Hall–Kier alpha value is -0.950. The van der Waals surface area contributed by atoms with Gasteiger partial charge in [0.1, 0.15) is 12.1 Å². The average molecular weight is 355 g/mol. The van der Waals surface area contributed by atoms with Crippen LogP contribution in [0.25, 0.3) is 10.9 Å². The molecule has 18 heavy (non-hydrogen) atoms. The summed E-state index contributed by atoms with van der Waals surface area (Å²) in [5.74, 6) is 0.897. The molecule has 1 aliphatic heterocycles. The topological polar surface area (TPSA) is 47.0 Å². The van der Waals surface area contributed by atoms with Gasteiger partial charge in [-0.05, 0) is 53.6 Å². The highest BCUT2D eigenvalue weighted by molar-refractivity contribution is 14.1. The van der Waals surface area contributed by atoms with E-state index in [1.165, 1.54) is 3.57 Å². The van der Waals surface area contributed by atoms with Gasteiger partial charge in [0.2, 0.25) is 0 Å². The lowest BCUT2D eigenvalue weighted by Crippen LogP contribution is -2.19. The number of ether oxygens (including phenoxy) is 1. The lowest BCUT2D eigenvalue weighted by Gasteiger charge is -2.12. The molecule has 1 aromatic heterocycles. The first kappa shape index (κ1) is 12.1. The van der Waals surface area contributed by atoms with Gasteiger partial charge in [0.25, 0.3) is 0 Å². The molecule has 1 aliphatic rings. The van der Waals surface area contributed by atoms with Gasteiger partial charge in [-0.15, -0.1) is 0 Å². The summed E-state index contributed by atoms with van der Waals surface area (Å²) in [4.78, 5) is 8.60. The van der Waals surface area contributed by atoms with Crippen molar-refractivity contribution in [1.82, 2.24) is 9.97 Å². The number of nitrogens with one attached hydrogen (secondary N) is 1. The van der Waals surface area contributed by atoms with Crippen molar-refractivity contribution in [3.8, 4) is 0 Å². The van der Waals surface area contributed by atoms with E-state index in [2.05, 4.69) is 50.0 Å². The Kier molecular flexibility index (Phi) is 3.60. The van der Waals surface area contributed by atoms with E-state index >= 15 is 0 Å². The molecule has 0 radical (unpaired) electrons. The van der Waals surface area contributed by atoms with Crippen molar-refractivity contribution in [2.75, 3.05) is 18.5 Å². The Morgan fingerprint density at radius 1 is 1.39 bits per heavy atom. The highest BCUT2D eigenvalue weighted by Gasteiger charge is 2.15. The SMILES string of the molecule is Ic1ccc2ncnc(NC[C@@H]3CCCO3)c2c1. The second-order valence-electron chi connectivity index (χ2n) is 4.40. The predicted molar refractivity (Wildman–Crippen MR) is 79.7 cm³/mol. The number of fused-ring (bicyclic) bond motifs is 1. The largest absolute Gasteiger partial charge is 0.376 e. The third kappa shape index (κ3) is 2.56. The zero-order valence-electron chi connectivity index (χ0n) is 9.90. The van der Waals surface area contributed by atoms with Crippen molar-refractivity contribution in [2.24, 2.45) is 0 Å². The van der Waals surface area contributed by atoms with E-state index < -0.39 is 0 Å². The molecule has 0 unspecified atom stereocenters. The van der Waals surface area contributed by atoms with E-state index in [-0.39, 0.29) is 0 Å². The van der Waals surface area contributed by atoms with Gasteiger partial charge in [-0.2, -0.15) is 0 Å². The second kappa shape index (κ2) is 5.36. The Bertz CT molecular complexity index is 555. The van der Waals surface area contributed by atoms with Crippen LogP contribution in [-0.2, 0) is 4.74 Å². The molecular formula is C13H14IN3O. The molecule has 94 valence electrons. The van der Waals surface area contributed by atoms with Crippen molar-refractivity contribution >= 4 is 39.3 Å². The summed E-state index contributed by atoms with van der Waals surface area (Å²) in [6, 6.07) is 6.18. The lowest BCUT2D eigenvalue weighted by molar-refractivity contribution is 0.120. The molecule has 1 atom stereocenters. The van der Waals surface area contributed by atoms with Gasteiger partial charge in [-0.1, -0.05) is 0 Å². The fourth-order valence-corrected chi connectivity index (χ4v) is 2.68. The average Bonchev–Trinajstić information content (AvgIpc) is 2.89. The molecule has 1 N–H and O–H groups in total. The van der Waals surface area contributed by atoms with Crippen molar-refractivity contribution in [2.45, 2.75) is 18.9 Å². The summed E-state index contributed by atoms with van der Waals surface area (Å²) >= 11 is 2.30. The van der Waals surface area contributed by atoms with Crippen molar-refractivity contribution in [1.29, 1.82) is 0 Å². The summed E-state index contributed by atoms with van der Waals surface area (Å²) < 4.78 is 6.79. The molecule has 2 aromatic rings. The van der Waals surface area contributed by atoms with Crippen LogP contribution in [0.4, 0.5) is 5.82 Å². The molecule has 4 nitrogen and oxygen atoms in total. The standard InChI is InChI=1S/C13H14IN3O/c14-9-3-4-12-11(6-9)13(17-8-16-12)15-7-10-2-1-5-18-10/h3-4,6,8,10H,1-2,5,7H2,(H,15,16,17)/t10-/m0/s1. The molecule has 0 spiro atoms. The normalized spacial score (nSPS) is 19.3. The smallest absolute Gasteiger partial charge is 0.137 e. The van der Waals surface area contributed by atoms with Gasteiger partial charge in [0, 0.05) is 22.1 Å². The molecule has 1 aromatic carbocycles. The minimum absolute atomic E-state index is 0.317. The van der Waals surface area contributed by atoms with Crippen molar-refractivity contribution in [3.05, 3.63) is 28.1 Å². The summed E-state index contributed by atoms with van der Waals surface area (Å²) in [7, 11) is 0. The first-order chi connectivity index (χ1) is 8.83. The minimum Gasteiger partial charge on any atom is -0.376 e. The molecule has 0 aliphatic carbocycles. The maximum absolute atomic E-state index is 5.60.